The predicted octanol–water partition coefficient (Wildman–Crippen LogP) is 4.93. The van der Waals surface area contributed by atoms with Crippen LogP contribution in [0.15, 0.2) is 53.1 Å². The lowest BCUT2D eigenvalue weighted by Gasteiger charge is -2.12. The number of rotatable bonds is 4. The minimum Gasteiger partial charge on any atom is -0.497 e. The molecule has 0 atom stereocenters. The van der Waals surface area contributed by atoms with E-state index in [-0.39, 0.29) is 22.8 Å². The number of hydrogen-bond donors (Lipinski definition) is 1. The molecule has 0 aliphatic carbocycles. The number of aromatic nitrogens is 1. The third kappa shape index (κ3) is 3.94. The van der Waals surface area contributed by atoms with Crippen LogP contribution in [0.3, 0.4) is 0 Å². The van der Waals surface area contributed by atoms with E-state index in [1.165, 1.54) is 13.2 Å². The molecule has 8 heteroatoms. The van der Waals surface area contributed by atoms with Crippen molar-refractivity contribution in [1.29, 1.82) is 0 Å². The maximum Gasteiger partial charge on any atom is 0.416 e. The maximum absolute atomic E-state index is 13.1. The number of nitrogens with one attached hydrogen (secondary N) is 1. The van der Waals surface area contributed by atoms with E-state index in [0.29, 0.717) is 11.3 Å². The zero-order valence-corrected chi connectivity index (χ0v) is 14.4. The Labute approximate surface area is 152 Å². The van der Waals surface area contributed by atoms with Gasteiger partial charge in [-0.2, -0.15) is 13.2 Å². The molecular formula is C19H15F3N2O3. The second kappa shape index (κ2) is 7.14. The van der Waals surface area contributed by atoms with Crippen molar-refractivity contribution in [3.05, 3.63) is 65.4 Å². The molecule has 1 N–H and O–H groups in total. The SMILES string of the molecule is COc1cc(NC(=O)c2c(-c3ccccc3)noc2C)cc(C(F)(F)F)c1. The van der Waals surface area contributed by atoms with Crippen molar-refractivity contribution in [2.24, 2.45) is 0 Å². The lowest BCUT2D eigenvalue weighted by Crippen LogP contribution is -2.15. The van der Waals surface area contributed by atoms with Crippen LogP contribution in [-0.4, -0.2) is 18.2 Å². The Kier molecular flexibility index (Phi) is 4.89. The average molecular weight is 376 g/mol. The molecule has 0 unspecified atom stereocenters. The Morgan fingerprint density at radius 2 is 1.85 bits per heavy atom. The number of halogens is 3. The molecular weight excluding hydrogens is 361 g/mol. The van der Waals surface area contributed by atoms with Crippen LogP contribution < -0.4 is 10.1 Å². The van der Waals surface area contributed by atoms with Crippen molar-refractivity contribution in [3.8, 4) is 17.0 Å². The van der Waals surface area contributed by atoms with E-state index in [9.17, 15) is 18.0 Å². The number of ether oxygens (including phenoxy) is 1. The Balaban J connectivity index is 1.97. The molecule has 2 aromatic carbocycles. The molecule has 0 saturated heterocycles. The highest BCUT2D eigenvalue weighted by atomic mass is 19.4. The van der Waals surface area contributed by atoms with Crippen molar-refractivity contribution in [2.45, 2.75) is 13.1 Å². The molecule has 5 nitrogen and oxygen atoms in total. The maximum atomic E-state index is 13.1. The van der Waals surface area contributed by atoms with E-state index in [1.54, 1.807) is 31.2 Å². The number of nitrogens with zero attached hydrogens (tertiary/aromatic N) is 1. The van der Waals surface area contributed by atoms with Crippen LogP contribution in [0.2, 0.25) is 0 Å². The summed E-state index contributed by atoms with van der Waals surface area (Å²) >= 11 is 0. The highest BCUT2D eigenvalue weighted by Crippen LogP contribution is 2.34. The molecule has 27 heavy (non-hydrogen) atoms. The van der Waals surface area contributed by atoms with Crippen LogP contribution in [0.4, 0.5) is 18.9 Å². The van der Waals surface area contributed by atoms with Gasteiger partial charge in [-0.3, -0.25) is 4.79 Å². The van der Waals surface area contributed by atoms with Crippen molar-refractivity contribution < 1.29 is 27.2 Å². The number of aryl methyl sites for hydroxylation is 1. The number of alkyl halides is 3. The zero-order valence-electron chi connectivity index (χ0n) is 14.4. The van der Waals surface area contributed by atoms with Gasteiger partial charge in [-0.05, 0) is 19.1 Å². The molecule has 0 aliphatic rings. The largest absolute Gasteiger partial charge is 0.497 e. The third-order valence-corrected chi connectivity index (χ3v) is 3.86. The molecule has 1 aromatic heterocycles. The molecule has 140 valence electrons. The smallest absolute Gasteiger partial charge is 0.416 e. The number of carbonyl (C=O) groups is 1. The van der Waals surface area contributed by atoms with Gasteiger partial charge in [0.1, 0.15) is 22.8 Å². The van der Waals surface area contributed by atoms with Crippen LogP contribution in [0.5, 0.6) is 5.75 Å². The summed E-state index contributed by atoms with van der Waals surface area (Å²) in [7, 11) is 1.25. The topological polar surface area (TPSA) is 64.4 Å². The Bertz CT molecular complexity index is 966. The van der Waals surface area contributed by atoms with Gasteiger partial charge in [0.15, 0.2) is 0 Å². The van der Waals surface area contributed by atoms with E-state index < -0.39 is 17.6 Å². The molecule has 0 fully saturated rings. The van der Waals surface area contributed by atoms with Crippen molar-refractivity contribution in [3.63, 3.8) is 0 Å². The summed E-state index contributed by atoms with van der Waals surface area (Å²) in [6.45, 7) is 1.56. The average Bonchev–Trinajstić information content (AvgIpc) is 3.03. The summed E-state index contributed by atoms with van der Waals surface area (Å²) in [6, 6.07) is 11.9. The van der Waals surface area contributed by atoms with Gasteiger partial charge in [0.05, 0.1) is 12.7 Å². The summed E-state index contributed by atoms with van der Waals surface area (Å²) in [5.74, 6) is -0.398. The van der Waals surface area contributed by atoms with Gasteiger partial charge in [0, 0.05) is 17.3 Å². The van der Waals surface area contributed by atoms with E-state index in [4.69, 9.17) is 9.26 Å². The number of benzene rings is 2. The van der Waals surface area contributed by atoms with Crippen LogP contribution >= 0.6 is 0 Å². The highest BCUT2D eigenvalue weighted by molar-refractivity contribution is 6.08. The summed E-state index contributed by atoms with van der Waals surface area (Å²) in [5.41, 5.74) is 0.136. The normalized spacial score (nSPS) is 11.3. The van der Waals surface area contributed by atoms with Crippen LogP contribution in [-0.2, 0) is 6.18 Å². The first-order valence-corrected chi connectivity index (χ1v) is 7.89. The summed E-state index contributed by atoms with van der Waals surface area (Å²) < 4.78 is 49.2. The van der Waals surface area contributed by atoms with Crippen LogP contribution in [0.25, 0.3) is 11.3 Å². The standard InChI is InChI=1S/C19H15F3N2O3/c1-11-16(17(24-27-11)12-6-4-3-5-7-12)18(25)23-14-8-13(19(20,21)22)9-15(10-14)26-2/h3-10H,1-2H3,(H,23,25). The number of methoxy groups -OCH3 is 1. The molecule has 0 bridgehead atoms. The van der Waals surface area contributed by atoms with Gasteiger partial charge in [-0.25, -0.2) is 0 Å². The monoisotopic (exact) mass is 376 g/mol. The van der Waals surface area contributed by atoms with Gasteiger partial charge in [0.2, 0.25) is 0 Å². The minimum absolute atomic E-state index is 0.0227. The summed E-state index contributed by atoms with van der Waals surface area (Å²) in [5, 5.41) is 6.36. The first-order chi connectivity index (χ1) is 12.8. The fourth-order valence-corrected chi connectivity index (χ4v) is 2.58. The van der Waals surface area contributed by atoms with E-state index >= 15 is 0 Å². The summed E-state index contributed by atoms with van der Waals surface area (Å²) in [6.07, 6.45) is -4.57. The predicted molar refractivity (Wildman–Crippen MR) is 92.6 cm³/mol. The number of carbonyl (C=O) groups excluding carboxylic acids is 1. The van der Waals surface area contributed by atoms with Crippen LogP contribution in [0.1, 0.15) is 21.7 Å². The quantitative estimate of drug-likeness (QED) is 0.701. The second-order valence-corrected chi connectivity index (χ2v) is 5.73. The fourth-order valence-electron chi connectivity index (χ4n) is 2.58. The number of anilines is 1. The van der Waals surface area contributed by atoms with Crippen molar-refractivity contribution in [1.82, 2.24) is 5.16 Å². The third-order valence-electron chi connectivity index (χ3n) is 3.86. The van der Waals surface area contributed by atoms with E-state index in [1.807, 2.05) is 6.07 Å². The van der Waals surface area contributed by atoms with Gasteiger partial charge in [-0.1, -0.05) is 35.5 Å². The zero-order chi connectivity index (χ0) is 19.6. The minimum atomic E-state index is -4.57. The van der Waals surface area contributed by atoms with E-state index in [2.05, 4.69) is 10.5 Å². The molecule has 1 amide bonds. The lowest BCUT2D eigenvalue weighted by molar-refractivity contribution is -0.137. The molecule has 1 heterocycles. The fraction of sp³-hybridized carbons (Fsp3) is 0.158. The second-order valence-electron chi connectivity index (χ2n) is 5.73. The lowest BCUT2D eigenvalue weighted by atomic mass is 10.1. The molecule has 3 aromatic rings. The van der Waals surface area contributed by atoms with Gasteiger partial charge < -0.3 is 14.6 Å². The molecule has 0 saturated carbocycles. The highest BCUT2D eigenvalue weighted by Gasteiger charge is 2.32. The molecule has 0 spiro atoms. The van der Waals surface area contributed by atoms with Gasteiger partial charge in [-0.15, -0.1) is 0 Å². The molecule has 0 aliphatic heterocycles. The first kappa shape index (κ1) is 18.5. The van der Waals surface area contributed by atoms with Gasteiger partial charge >= 0.3 is 6.18 Å². The molecule has 3 rings (SSSR count). The Hall–Kier alpha value is -3.29. The Morgan fingerprint density at radius 3 is 2.48 bits per heavy atom. The van der Waals surface area contributed by atoms with Gasteiger partial charge in [0.25, 0.3) is 5.91 Å². The van der Waals surface area contributed by atoms with Crippen LogP contribution in [0, 0.1) is 6.92 Å². The van der Waals surface area contributed by atoms with Crippen molar-refractivity contribution >= 4 is 11.6 Å². The molecule has 0 radical (unpaired) electrons. The van der Waals surface area contributed by atoms with Crippen molar-refractivity contribution in [2.75, 3.05) is 12.4 Å². The van der Waals surface area contributed by atoms with E-state index in [0.717, 1.165) is 12.1 Å². The Morgan fingerprint density at radius 1 is 1.15 bits per heavy atom. The number of amides is 1. The summed E-state index contributed by atoms with van der Waals surface area (Å²) in [4.78, 5) is 12.7. The number of hydrogen-bond acceptors (Lipinski definition) is 4. The first-order valence-electron chi connectivity index (χ1n) is 7.89.